The van der Waals surface area contributed by atoms with Crippen molar-refractivity contribution in [2.75, 3.05) is 25.1 Å². The molecule has 0 saturated carbocycles. The fourth-order valence-electron chi connectivity index (χ4n) is 4.04. The third kappa shape index (κ3) is 7.45. The Morgan fingerprint density at radius 2 is 1.60 bits per heavy atom. The second-order valence-corrected chi connectivity index (χ2v) is 11.6. The first-order chi connectivity index (χ1) is 19.0. The Balaban J connectivity index is 2.07. The lowest BCUT2D eigenvalue weighted by Crippen LogP contribution is -2.52. The molecule has 40 heavy (non-hydrogen) atoms. The number of halogens is 1. The molecule has 0 aliphatic carbocycles. The molecule has 0 spiro atoms. The van der Waals surface area contributed by atoms with Gasteiger partial charge in [-0.2, -0.15) is 0 Å². The Morgan fingerprint density at radius 3 is 2.20 bits per heavy atom. The van der Waals surface area contributed by atoms with Crippen LogP contribution in [0.1, 0.15) is 26.3 Å². The highest BCUT2D eigenvalue weighted by molar-refractivity contribution is 7.92. The molecule has 1 unspecified atom stereocenters. The molecule has 1 N–H and O–H groups in total. The van der Waals surface area contributed by atoms with Gasteiger partial charge in [-0.15, -0.1) is 0 Å². The Bertz CT molecular complexity index is 1430. The highest BCUT2D eigenvalue weighted by Crippen LogP contribution is 2.33. The maximum Gasteiger partial charge on any atom is 0.264 e. The van der Waals surface area contributed by atoms with Gasteiger partial charge in [-0.1, -0.05) is 35.9 Å². The van der Waals surface area contributed by atoms with Gasteiger partial charge in [0.15, 0.2) is 0 Å². The predicted molar refractivity (Wildman–Crippen MR) is 155 cm³/mol. The molecular formula is C29H34ClN3O6S. The number of carbonyl (C=O) groups excluding carboxylic acids is 2. The van der Waals surface area contributed by atoms with E-state index in [1.807, 2.05) is 13.8 Å². The van der Waals surface area contributed by atoms with E-state index in [4.69, 9.17) is 21.1 Å². The molecule has 3 aromatic carbocycles. The summed E-state index contributed by atoms with van der Waals surface area (Å²) in [6.45, 7) is 4.69. The third-order valence-corrected chi connectivity index (χ3v) is 8.13. The molecule has 0 fully saturated rings. The van der Waals surface area contributed by atoms with Crippen LogP contribution in [-0.2, 0) is 26.2 Å². The Kier molecular flexibility index (Phi) is 10.4. The molecule has 0 aromatic heterocycles. The number of sulfonamides is 1. The summed E-state index contributed by atoms with van der Waals surface area (Å²) >= 11 is 6.17. The summed E-state index contributed by atoms with van der Waals surface area (Å²) in [4.78, 5) is 28.3. The summed E-state index contributed by atoms with van der Waals surface area (Å²) in [5.41, 5.74) is 0.864. The van der Waals surface area contributed by atoms with Crippen LogP contribution in [0.5, 0.6) is 11.5 Å². The summed E-state index contributed by atoms with van der Waals surface area (Å²) < 4.78 is 39.5. The van der Waals surface area contributed by atoms with Crippen molar-refractivity contribution in [2.45, 2.75) is 44.3 Å². The fraction of sp³-hybridized carbons (Fsp3) is 0.310. The zero-order valence-electron chi connectivity index (χ0n) is 23.1. The number of ether oxygens (including phenoxy) is 2. The molecule has 0 saturated heterocycles. The number of amides is 2. The van der Waals surface area contributed by atoms with Crippen molar-refractivity contribution in [3.05, 3.63) is 83.4 Å². The van der Waals surface area contributed by atoms with Crippen LogP contribution in [0.15, 0.2) is 77.7 Å². The fourth-order valence-corrected chi connectivity index (χ4v) is 5.68. The number of rotatable bonds is 12. The van der Waals surface area contributed by atoms with Crippen LogP contribution in [0.25, 0.3) is 0 Å². The molecule has 3 aromatic rings. The third-order valence-electron chi connectivity index (χ3n) is 6.12. The normalized spacial score (nSPS) is 12.0. The molecule has 2 amide bonds. The minimum absolute atomic E-state index is 0.0361. The quantitative estimate of drug-likeness (QED) is 0.335. The van der Waals surface area contributed by atoms with E-state index in [1.54, 1.807) is 55.5 Å². The lowest BCUT2D eigenvalue weighted by Gasteiger charge is -2.32. The van der Waals surface area contributed by atoms with E-state index in [9.17, 15) is 18.0 Å². The van der Waals surface area contributed by atoms with Crippen molar-refractivity contribution in [1.82, 2.24) is 10.2 Å². The summed E-state index contributed by atoms with van der Waals surface area (Å²) in [7, 11) is -1.36. The number of anilines is 1. The van der Waals surface area contributed by atoms with E-state index >= 15 is 0 Å². The molecule has 214 valence electrons. The molecular weight excluding hydrogens is 554 g/mol. The van der Waals surface area contributed by atoms with Crippen LogP contribution in [-0.4, -0.2) is 58.0 Å². The van der Waals surface area contributed by atoms with Gasteiger partial charge in [0, 0.05) is 17.6 Å². The minimum atomic E-state index is -4.26. The Morgan fingerprint density at radius 1 is 0.925 bits per heavy atom. The standard InChI is InChI=1S/C29H34ClN3O6S/c1-20(2)31-29(35)21(3)32(18-22-9-8-10-23(30)17-22)28(34)19-33(26-11-6-7-12-27(26)39-5)40(36,37)25-15-13-24(38-4)14-16-25/h6-17,20-21H,18-19H2,1-5H3,(H,31,35). The van der Waals surface area contributed by atoms with Crippen LogP contribution < -0.4 is 19.1 Å². The van der Waals surface area contributed by atoms with Gasteiger partial charge in [0.25, 0.3) is 10.0 Å². The van der Waals surface area contributed by atoms with Crippen molar-refractivity contribution < 1.29 is 27.5 Å². The predicted octanol–water partition coefficient (Wildman–Crippen LogP) is 4.49. The van der Waals surface area contributed by atoms with Crippen LogP contribution in [0.3, 0.4) is 0 Å². The summed E-state index contributed by atoms with van der Waals surface area (Å²) in [5.74, 6) is -0.211. The van der Waals surface area contributed by atoms with E-state index in [0.29, 0.717) is 16.3 Å². The number of nitrogens with zero attached hydrogens (tertiary/aromatic N) is 2. The Labute approximate surface area is 240 Å². The van der Waals surface area contributed by atoms with Crippen molar-refractivity contribution in [2.24, 2.45) is 0 Å². The molecule has 0 radical (unpaired) electrons. The first-order valence-corrected chi connectivity index (χ1v) is 14.4. The van der Waals surface area contributed by atoms with Gasteiger partial charge in [0.1, 0.15) is 24.1 Å². The smallest absolute Gasteiger partial charge is 0.264 e. The van der Waals surface area contributed by atoms with E-state index in [-0.39, 0.29) is 34.8 Å². The second-order valence-electron chi connectivity index (χ2n) is 9.35. The zero-order chi connectivity index (χ0) is 29.4. The number of benzene rings is 3. The lowest BCUT2D eigenvalue weighted by molar-refractivity contribution is -0.139. The summed E-state index contributed by atoms with van der Waals surface area (Å²) in [6, 6.07) is 18.3. The van der Waals surface area contributed by atoms with Gasteiger partial charge in [0.2, 0.25) is 11.8 Å². The van der Waals surface area contributed by atoms with Gasteiger partial charge in [-0.05, 0) is 74.9 Å². The highest BCUT2D eigenvalue weighted by Gasteiger charge is 2.34. The van der Waals surface area contributed by atoms with Crippen LogP contribution in [0.4, 0.5) is 5.69 Å². The summed E-state index contributed by atoms with van der Waals surface area (Å²) in [6.07, 6.45) is 0. The number of nitrogens with one attached hydrogen (secondary N) is 1. The van der Waals surface area contributed by atoms with Crippen LogP contribution >= 0.6 is 11.6 Å². The Hall–Kier alpha value is -3.76. The average Bonchev–Trinajstić information content (AvgIpc) is 2.93. The van der Waals surface area contributed by atoms with E-state index in [0.717, 1.165) is 4.31 Å². The molecule has 11 heteroatoms. The molecule has 0 aliphatic rings. The minimum Gasteiger partial charge on any atom is -0.497 e. The summed E-state index contributed by atoms with van der Waals surface area (Å²) in [5, 5.41) is 3.30. The molecule has 1 atom stereocenters. The highest BCUT2D eigenvalue weighted by atomic mass is 35.5. The largest absolute Gasteiger partial charge is 0.497 e. The average molecular weight is 588 g/mol. The van der Waals surface area contributed by atoms with E-state index in [2.05, 4.69) is 5.32 Å². The monoisotopic (exact) mass is 587 g/mol. The van der Waals surface area contributed by atoms with Crippen molar-refractivity contribution in [1.29, 1.82) is 0 Å². The van der Waals surface area contributed by atoms with Crippen molar-refractivity contribution in [3.63, 3.8) is 0 Å². The number of hydrogen-bond donors (Lipinski definition) is 1. The SMILES string of the molecule is COc1ccc(S(=O)(=O)N(CC(=O)N(Cc2cccc(Cl)c2)C(C)C(=O)NC(C)C)c2ccccc2OC)cc1. The zero-order valence-corrected chi connectivity index (χ0v) is 24.7. The van der Waals surface area contributed by atoms with Gasteiger partial charge in [-0.25, -0.2) is 8.42 Å². The second kappa shape index (κ2) is 13.5. The topological polar surface area (TPSA) is 105 Å². The van der Waals surface area contributed by atoms with E-state index in [1.165, 1.54) is 43.4 Å². The van der Waals surface area contributed by atoms with Gasteiger partial charge in [0.05, 0.1) is 24.8 Å². The number of carbonyl (C=O) groups is 2. The maximum atomic E-state index is 14.0. The molecule has 0 heterocycles. The first-order valence-electron chi connectivity index (χ1n) is 12.6. The molecule has 0 aliphatic heterocycles. The van der Waals surface area contributed by atoms with Crippen molar-refractivity contribution >= 4 is 39.1 Å². The van der Waals surface area contributed by atoms with Gasteiger partial charge >= 0.3 is 0 Å². The lowest BCUT2D eigenvalue weighted by atomic mass is 10.1. The van der Waals surface area contributed by atoms with E-state index < -0.39 is 28.5 Å². The molecule has 3 rings (SSSR count). The maximum absolute atomic E-state index is 14.0. The number of hydrogen-bond acceptors (Lipinski definition) is 6. The van der Waals surface area contributed by atoms with Crippen LogP contribution in [0, 0.1) is 0 Å². The van der Waals surface area contributed by atoms with Crippen LogP contribution in [0.2, 0.25) is 5.02 Å². The molecule has 9 nitrogen and oxygen atoms in total. The number of methoxy groups -OCH3 is 2. The van der Waals surface area contributed by atoms with Gasteiger partial charge < -0.3 is 19.7 Å². The molecule has 0 bridgehead atoms. The van der Waals surface area contributed by atoms with Gasteiger partial charge in [-0.3, -0.25) is 13.9 Å². The number of para-hydroxylation sites is 2. The first kappa shape index (κ1) is 30.8. The van der Waals surface area contributed by atoms with Crippen molar-refractivity contribution in [3.8, 4) is 11.5 Å².